The van der Waals surface area contributed by atoms with E-state index in [9.17, 15) is 38.4 Å². The molecule has 18 heteroatoms. The summed E-state index contributed by atoms with van der Waals surface area (Å²) in [5.74, 6) is -3.02. The van der Waals surface area contributed by atoms with E-state index in [0.717, 1.165) is 52.0 Å². The van der Waals surface area contributed by atoms with Crippen LogP contribution in [0.3, 0.4) is 0 Å². The predicted molar refractivity (Wildman–Crippen MR) is 289 cm³/mol. The second-order valence-corrected chi connectivity index (χ2v) is 22.9. The summed E-state index contributed by atoms with van der Waals surface area (Å²) in [6.45, 7) is 18.9. The lowest BCUT2D eigenvalue weighted by molar-refractivity contribution is -0.145. The molecule has 76 heavy (non-hydrogen) atoms. The lowest BCUT2D eigenvalue weighted by atomic mass is 9.85. The molecule has 0 spiro atoms. The Bertz CT molecular complexity index is 2610. The van der Waals surface area contributed by atoms with E-state index in [1.165, 1.54) is 37.9 Å². The maximum absolute atomic E-state index is 14.8. The highest BCUT2D eigenvalue weighted by atomic mass is 16.6. The van der Waals surface area contributed by atoms with Crippen molar-refractivity contribution in [2.24, 2.45) is 5.41 Å². The number of carbonyl (C=O) groups excluding carboxylic acids is 8. The van der Waals surface area contributed by atoms with Gasteiger partial charge in [-0.25, -0.2) is 14.4 Å². The number of ether oxygens (including phenoxy) is 3. The molecular formula is C58H79N7O11. The average molecular weight is 1050 g/mol. The number of esters is 1. The molecule has 2 aliphatic rings. The molecule has 1 heterocycles. The fourth-order valence-electron chi connectivity index (χ4n) is 8.85. The Morgan fingerprint density at radius 2 is 1.24 bits per heavy atom. The Morgan fingerprint density at radius 1 is 0.711 bits per heavy atom. The predicted octanol–water partition coefficient (Wildman–Crippen LogP) is 6.99. The van der Waals surface area contributed by atoms with Crippen molar-refractivity contribution in [2.45, 2.75) is 162 Å². The standard InChI is InChI=1S/C58H79N7O11/c1-35(63(12)54(72)75-57(6,7)8)48(66)61-45(53(71)74-14)32-39-26-24-37(25-27-39)22-23-38-28-30-41(31-29-38)50(68)59-42-33-46(51(69)60-44-21-17-19-40-18-15-16-20-43(40)44)65(34-42)52(70)47(56(3,4)5)62-49(67)36(2)64(13)55(73)76-58(9,10)11/h15-16,18,20,22-31,35-36,42,44-47H,17,19,21,32-34H2,1-14H3,(H,59,68)(H,60,69)(H,61,66)(H,62,67)/b23-22+/t35-,36-,42-,44+,45-,46-,47+/m0/s1. The van der Waals surface area contributed by atoms with Crippen molar-refractivity contribution in [3.8, 4) is 0 Å². The molecule has 1 aliphatic carbocycles. The van der Waals surface area contributed by atoms with E-state index in [4.69, 9.17) is 14.2 Å². The monoisotopic (exact) mass is 1050 g/mol. The van der Waals surface area contributed by atoms with Crippen molar-refractivity contribution in [3.05, 3.63) is 106 Å². The van der Waals surface area contributed by atoms with Crippen LogP contribution in [0.25, 0.3) is 12.2 Å². The van der Waals surface area contributed by atoms with Gasteiger partial charge in [0.2, 0.25) is 23.6 Å². The Hall–Kier alpha value is -7.24. The van der Waals surface area contributed by atoms with E-state index in [1.807, 2.05) is 75.4 Å². The number of methoxy groups -OCH3 is 1. The summed E-state index contributed by atoms with van der Waals surface area (Å²) in [5.41, 5.74) is 2.59. The Balaban J connectivity index is 1.26. The number of nitrogens with zero attached hydrogens (tertiary/aromatic N) is 3. The van der Waals surface area contributed by atoms with Crippen LogP contribution in [-0.2, 0) is 51.0 Å². The average Bonchev–Trinajstić information content (AvgIpc) is 3.78. The van der Waals surface area contributed by atoms with Crippen molar-refractivity contribution in [3.63, 3.8) is 0 Å². The summed E-state index contributed by atoms with van der Waals surface area (Å²) in [4.78, 5) is 112. The summed E-state index contributed by atoms with van der Waals surface area (Å²) in [6.07, 6.45) is 5.18. The maximum atomic E-state index is 14.8. The zero-order valence-corrected chi connectivity index (χ0v) is 46.7. The van der Waals surface area contributed by atoms with Crippen LogP contribution < -0.4 is 21.3 Å². The molecule has 0 bridgehead atoms. The molecule has 18 nitrogen and oxygen atoms in total. The summed E-state index contributed by atoms with van der Waals surface area (Å²) in [5, 5.41) is 11.9. The summed E-state index contributed by atoms with van der Waals surface area (Å²) >= 11 is 0. The molecule has 4 N–H and O–H groups in total. The normalized spacial score (nSPS) is 18.2. The van der Waals surface area contributed by atoms with Crippen molar-refractivity contribution in [1.82, 2.24) is 36.0 Å². The highest BCUT2D eigenvalue weighted by Crippen LogP contribution is 2.32. The van der Waals surface area contributed by atoms with Gasteiger partial charge in [0, 0.05) is 38.7 Å². The molecule has 7 amide bonds. The number of amides is 7. The zero-order chi connectivity index (χ0) is 56.4. The second-order valence-electron chi connectivity index (χ2n) is 22.9. The van der Waals surface area contributed by atoms with Crippen LogP contribution in [0.15, 0.2) is 72.8 Å². The number of aryl methyl sites for hydroxylation is 1. The first kappa shape index (κ1) is 59.6. The van der Waals surface area contributed by atoms with Crippen molar-refractivity contribution >= 4 is 59.8 Å². The Labute approximate surface area is 448 Å². The van der Waals surface area contributed by atoms with E-state index in [2.05, 4.69) is 27.3 Å². The largest absolute Gasteiger partial charge is 0.467 e. The van der Waals surface area contributed by atoms with Gasteiger partial charge in [0.15, 0.2) is 0 Å². The van der Waals surface area contributed by atoms with Crippen molar-refractivity contribution in [2.75, 3.05) is 27.7 Å². The van der Waals surface area contributed by atoms with Gasteiger partial charge in [-0.05, 0) is 126 Å². The third-order valence-electron chi connectivity index (χ3n) is 13.5. The van der Waals surface area contributed by atoms with Gasteiger partial charge in [0.1, 0.15) is 41.4 Å². The van der Waals surface area contributed by atoms with Crippen LogP contribution >= 0.6 is 0 Å². The molecule has 1 aliphatic heterocycles. The molecular weight excluding hydrogens is 971 g/mol. The van der Waals surface area contributed by atoms with Gasteiger partial charge in [0.05, 0.1) is 13.2 Å². The number of rotatable bonds is 16. The van der Waals surface area contributed by atoms with E-state index in [1.54, 1.807) is 72.7 Å². The highest BCUT2D eigenvalue weighted by Gasteiger charge is 2.46. The van der Waals surface area contributed by atoms with Gasteiger partial charge in [-0.3, -0.25) is 33.8 Å². The van der Waals surface area contributed by atoms with Crippen LogP contribution in [0.2, 0.25) is 0 Å². The molecule has 7 atom stereocenters. The molecule has 1 saturated heterocycles. The van der Waals surface area contributed by atoms with Gasteiger partial charge < -0.3 is 40.4 Å². The molecule has 5 rings (SSSR count). The minimum Gasteiger partial charge on any atom is -0.467 e. The lowest BCUT2D eigenvalue weighted by Gasteiger charge is -2.37. The number of likely N-dealkylation sites (tertiary alicyclic amines) is 1. The molecule has 0 unspecified atom stereocenters. The summed E-state index contributed by atoms with van der Waals surface area (Å²) < 4.78 is 15.8. The van der Waals surface area contributed by atoms with Crippen LogP contribution in [-0.4, -0.2) is 138 Å². The Morgan fingerprint density at radius 3 is 1.76 bits per heavy atom. The maximum Gasteiger partial charge on any atom is 0.410 e. The molecule has 3 aromatic rings. The number of hydrogen-bond donors (Lipinski definition) is 4. The number of benzene rings is 3. The Kier molecular flexibility index (Phi) is 19.7. The number of carbonyl (C=O) groups is 8. The van der Waals surface area contributed by atoms with Gasteiger partial charge in [-0.1, -0.05) is 93.6 Å². The van der Waals surface area contributed by atoms with Crippen molar-refractivity contribution in [1.29, 1.82) is 0 Å². The summed E-state index contributed by atoms with van der Waals surface area (Å²) in [7, 11) is 4.14. The molecule has 0 aromatic heterocycles. The van der Waals surface area contributed by atoms with E-state index in [-0.39, 0.29) is 31.3 Å². The fraction of sp³-hybridized carbons (Fsp3) is 0.517. The number of hydrogen-bond acceptors (Lipinski definition) is 11. The minimum absolute atomic E-state index is 0.00394. The van der Waals surface area contributed by atoms with Crippen molar-refractivity contribution < 1.29 is 52.6 Å². The van der Waals surface area contributed by atoms with Gasteiger partial charge >= 0.3 is 18.2 Å². The van der Waals surface area contributed by atoms with E-state index in [0.29, 0.717) is 5.56 Å². The van der Waals surface area contributed by atoms with E-state index >= 15 is 0 Å². The van der Waals surface area contributed by atoms with Crippen LogP contribution in [0.4, 0.5) is 9.59 Å². The summed E-state index contributed by atoms with van der Waals surface area (Å²) in [6, 6.07) is 16.5. The number of fused-ring (bicyclic) bond motifs is 1. The number of likely N-dealkylation sites (N-methyl/N-ethyl adjacent to an activating group) is 2. The molecule has 412 valence electrons. The second kappa shape index (κ2) is 25.1. The molecule has 1 fully saturated rings. The lowest BCUT2D eigenvalue weighted by Crippen LogP contribution is -2.60. The molecule has 0 saturated carbocycles. The first-order valence-electron chi connectivity index (χ1n) is 25.9. The van der Waals surface area contributed by atoms with Crippen LogP contribution in [0.5, 0.6) is 0 Å². The van der Waals surface area contributed by atoms with Crippen LogP contribution in [0, 0.1) is 5.41 Å². The zero-order valence-electron chi connectivity index (χ0n) is 46.7. The first-order chi connectivity index (χ1) is 35.5. The first-order valence-corrected chi connectivity index (χ1v) is 25.9. The third-order valence-corrected chi connectivity index (χ3v) is 13.5. The van der Waals surface area contributed by atoms with Crippen LogP contribution in [0.1, 0.15) is 140 Å². The number of nitrogens with one attached hydrogen (secondary N) is 4. The smallest absolute Gasteiger partial charge is 0.410 e. The van der Waals surface area contributed by atoms with Gasteiger partial charge in [-0.2, -0.15) is 0 Å². The topological polar surface area (TPSA) is 222 Å². The third kappa shape index (κ3) is 16.4. The fourth-order valence-corrected chi connectivity index (χ4v) is 8.85. The van der Waals surface area contributed by atoms with Gasteiger partial charge in [-0.15, -0.1) is 0 Å². The van der Waals surface area contributed by atoms with E-state index < -0.39 is 94.7 Å². The molecule has 0 radical (unpaired) electrons. The highest BCUT2D eigenvalue weighted by molar-refractivity contribution is 5.97. The molecule has 3 aromatic carbocycles. The minimum atomic E-state index is -1.11. The quantitative estimate of drug-likeness (QED) is 0.0650. The SMILES string of the molecule is COC(=O)[C@H](Cc1ccc(/C=C/c2ccc(C(=O)N[C@H]3C[C@@H](C(=O)N[C@@H]4CCCc5ccccc54)N(C(=O)[C@@H](NC(=O)[C@H](C)N(C)C(=O)OC(C)(C)C)C(C)(C)C)C3)cc2)cc1)NC(=O)[C@H](C)N(C)C(=O)OC(C)(C)C. The van der Waals surface area contributed by atoms with Gasteiger partial charge in [0.25, 0.3) is 5.91 Å².